The van der Waals surface area contributed by atoms with Crippen LogP contribution < -0.4 is 10.1 Å². The SMILES string of the molecule is COc1ccccc1C=CC(=O)N1C[C@H]2[C@@]3(c4ccccc4)CC[C@H](c4ccccc43)[C@@]2(C(=O)NCc2cccnc2)C1. The Bertz CT molecular complexity index is 1690. The van der Waals surface area contributed by atoms with E-state index >= 15 is 0 Å². The van der Waals surface area contributed by atoms with E-state index in [1.165, 1.54) is 16.7 Å². The maximum Gasteiger partial charge on any atom is 0.246 e. The molecule has 1 N–H and O–H groups in total. The van der Waals surface area contributed by atoms with E-state index in [9.17, 15) is 9.59 Å². The zero-order valence-electron chi connectivity index (χ0n) is 24.3. The Hall–Kier alpha value is -4.71. The molecule has 2 bridgehead atoms. The van der Waals surface area contributed by atoms with Gasteiger partial charge in [-0.3, -0.25) is 14.6 Å². The molecular weight excluding hydrogens is 534 g/mol. The van der Waals surface area contributed by atoms with E-state index in [-0.39, 0.29) is 29.1 Å². The fourth-order valence-electron chi connectivity index (χ4n) is 8.30. The summed E-state index contributed by atoms with van der Waals surface area (Å²) in [5.41, 5.74) is 4.41. The standard InChI is InChI=1S/C37H35N3O3/c1-43-32-16-8-5-11-27(32)17-18-34(41)40-24-33-36(28-12-3-2-4-13-28)20-19-31(29-14-6-7-15-30(29)36)37(33,25-40)35(42)39-23-26-10-9-21-38-22-26/h2-18,21-22,31,33H,19-20,23-25H2,1H3,(H,39,42)/t31-,33+,36-,37+/m1/s1. The summed E-state index contributed by atoms with van der Waals surface area (Å²) in [6, 6.07) is 30.8. The molecule has 1 saturated carbocycles. The minimum Gasteiger partial charge on any atom is -0.496 e. The molecule has 4 aromatic rings. The van der Waals surface area contributed by atoms with Crippen LogP contribution in [0, 0.1) is 11.3 Å². The Labute approximate surface area is 252 Å². The molecule has 43 heavy (non-hydrogen) atoms. The van der Waals surface area contributed by atoms with Crippen LogP contribution in [0.2, 0.25) is 0 Å². The lowest BCUT2D eigenvalue weighted by molar-refractivity contribution is -0.139. The second kappa shape index (κ2) is 10.8. The first-order chi connectivity index (χ1) is 21.1. The number of fused-ring (bicyclic) bond motifs is 1. The van der Waals surface area contributed by atoms with Crippen molar-refractivity contribution >= 4 is 17.9 Å². The number of nitrogens with one attached hydrogen (secondary N) is 1. The molecule has 6 nitrogen and oxygen atoms in total. The average molecular weight is 570 g/mol. The van der Waals surface area contributed by atoms with Crippen molar-refractivity contribution in [3.05, 3.63) is 137 Å². The van der Waals surface area contributed by atoms with Gasteiger partial charge in [0.05, 0.1) is 12.5 Å². The Morgan fingerprint density at radius 1 is 1.00 bits per heavy atom. The lowest BCUT2D eigenvalue weighted by Crippen LogP contribution is -2.62. The fourth-order valence-corrected chi connectivity index (χ4v) is 8.30. The minimum absolute atomic E-state index is 0.0178. The lowest BCUT2D eigenvalue weighted by Gasteiger charge is -2.60. The second-order valence-corrected chi connectivity index (χ2v) is 11.9. The van der Waals surface area contributed by atoms with Gasteiger partial charge in [-0.15, -0.1) is 0 Å². The highest BCUT2D eigenvalue weighted by atomic mass is 16.5. The molecule has 1 saturated heterocycles. The molecule has 0 spiro atoms. The van der Waals surface area contributed by atoms with Crippen molar-refractivity contribution < 1.29 is 14.3 Å². The van der Waals surface area contributed by atoms with Gasteiger partial charge in [0.15, 0.2) is 0 Å². The first-order valence-corrected chi connectivity index (χ1v) is 15.0. The predicted octanol–water partition coefficient (Wildman–Crippen LogP) is 5.74. The van der Waals surface area contributed by atoms with Crippen LogP contribution in [0.25, 0.3) is 6.08 Å². The molecule has 0 radical (unpaired) electrons. The Kier molecular flexibility index (Phi) is 6.85. The summed E-state index contributed by atoms with van der Waals surface area (Å²) < 4.78 is 5.49. The third-order valence-electron chi connectivity index (χ3n) is 10.1. The smallest absolute Gasteiger partial charge is 0.246 e. The number of carbonyl (C=O) groups is 2. The quantitative estimate of drug-likeness (QED) is 0.288. The Balaban J connectivity index is 1.32. The minimum atomic E-state index is -0.765. The second-order valence-electron chi connectivity index (χ2n) is 11.9. The average Bonchev–Trinajstić information content (AvgIpc) is 3.51. The number of amides is 2. The van der Waals surface area contributed by atoms with E-state index in [4.69, 9.17) is 4.74 Å². The number of rotatable bonds is 7. The highest BCUT2D eigenvalue weighted by molar-refractivity contribution is 5.94. The number of methoxy groups -OCH3 is 1. The molecule has 3 aromatic carbocycles. The summed E-state index contributed by atoms with van der Waals surface area (Å²) in [6.07, 6.45) is 8.80. The molecule has 1 aromatic heterocycles. The number of benzene rings is 3. The van der Waals surface area contributed by atoms with Gasteiger partial charge in [-0.2, -0.15) is 0 Å². The van der Waals surface area contributed by atoms with Gasteiger partial charge >= 0.3 is 0 Å². The molecule has 2 fully saturated rings. The molecule has 2 heterocycles. The van der Waals surface area contributed by atoms with Crippen LogP contribution in [0.15, 0.2) is 109 Å². The Morgan fingerprint density at radius 3 is 2.60 bits per heavy atom. The number of aromatic nitrogens is 1. The summed E-state index contributed by atoms with van der Waals surface area (Å²) >= 11 is 0. The summed E-state index contributed by atoms with van der Waals surface area (Å²) in [7, 11) is 1.63. The summed E-state index contributed by atoms with van der Waals surface area (Å²) in [5.74, 6) is 0.582. The third-order valence-corrected chi connectivity index (χ3v) is 10.1. The van der Waals surface area contributed by atoms with Crippen molar-refractivity contribution in [2.75, 3.05) is 20.2 Å². The molecule has 4 atom stereocenters. The van der Waals surface area contributed by atoms with Crippen molar-refractivity contribution in [1.82, 2.24) is 15.2 Å². The molecule has 0 unspecified atom stereocenters. The number of hydrogen-bond acceptors (Lipinski definition) is 4. The molecule has 4 aliphatic rings. The van der Waals surface area contributed by atoms with Crippen LogP contribution in [-0.4, -0.2) is 41.9 Å². The van der Waals surface area contributed by atoms with Gasteiger partial charge in [-0.1, -0.05) is 78.9 Å². The predicted molar refractivity (Wildman–Crippen MR) is 166 cm³/mol. The first kappa shape index (κ1) is 27.1. The van der Waals surface area contributed by atoms with Crippen LogP contribution in [-0.2, 0) is 21.5 Å². The zero-order valence-corrected chi connectivity index (χ0v) is 24.3. The number of carbonyl (C=O) groups excluding carboxylic acids is 2. The van der Waals surface area contributed by atoms with Gasteiger partial charge in [-0.05, 0) is 53.3 Å². The molecular formula is C37H35N3O3. The van der Waals surface area contributed by atoms with E-state index in [0.717, 1.165) is 24.0 Å². The van der Waals surface area contributed by atoms with E-state index in [2.05, 4.69) is 58.8 Å². The van der Waals surface area contributed by atoms with E-state index in [1.54, 1.807) is 25.6 Å². The van der Waals surface area contributed by atoms with Gasteiger partial charge in [0.25, 0.3) is 0 Å². The third kappa shape index (κ3) is 4.27. The molecule has 8 rings (SSSR count). The van der Waals surface area contributed by atoms with Gasteiger partial charge in [0.1, 0.15) is 5.75 Å². The summed E-state index contributed by atoms with van der Waals surface area (Å²) in [4.78, 5) is 34.7. The molecule has 6 heteroatoms. The van der Waals surface area contributed by atoms with Crippen LogP contribution in [0.4, 0.5) is 0 Å². The molecule has 1 aliphatic heterocycles. The fraction of sp³-hybridized carbons (Fsp3) is 0.270. The van der Waals surface area contributed by atoms with Crippen molar-refractivity contribution in [2.24, 2.45) is 11.3 Å². The van der Waals surface area contributed by atoms with Crippen molar-refractivity contribution in [1.29, 1.82) is 0 Å². The number of hydrogen-bond donors (Lipinski definition) is 1. The van der Waals surface area contributed by atoms with Crippen molar-refractivity contribution in [3.8, 4) is 5.75 Å². The highest BCUT2D eigenvalue weighted by Gasteiger charge is 2.70. The largest absolute Gasteiger partial charge is 0.496 e. The monoisotopic (exact) mass is 569 g/mol. The number of ether oxygens (including phenoxy) is 1. The lowest BCUT2D eigenvalue weighted by atomic mass is 9.42. The maximum absolute atomic E-state index is 14.7. The zero-order chi connectivity index (χ0) is 29.4. The summed E-state index contributed by atoms with van der Waals surface area (Å²) in [6.45, 7) is 1.28. The first-order valence-electron chi connectivity index (χ1n) is 15.0. The van der Waals surface area contributed by atoms with Gasteiger partial charge < -0.3 is 15.0 Å². The molecule has 3 aliphatic carbocycles. The van der Waals surface area contributed by atoms with E-state index < -0.39 is 5.41 Å². The van der Waals surface area contributed by atoms with Crippen molar-refractivity contribution in [2.45, 2.75) is 30.7 Å². The number of para-hydroxylation sites is 1. The molecule has 216 valence electrons. The number of likely N-dealkylation sites (tertiary alicyclic amines) is 1. The number of pyridine rings is 1. The Morgan fingerprint density at radius 2 is 1.79 bits per heavy atom. The maximum atomic E-state index is 14.7. The van der Waals surface area contributed by atoms with Gasteiger partial charge in [0, 0.05) is 60.9 Å². The topological polar surface area (TPSA) is 71.5 Å². The van der Waals surface area contributed by atoms with Gasteiger partial charge in [-0.25, -0.2) is 0 Å². The highest BCUT2D eigenvalue weighted by Crippen LogP contribution is 2.68. The van der Waals surface area contributed by atoms with Crippen LogP contribution in [0.3, 0.4) is 0 Å². The molecule has 2 amide bonds. The van der Waals surface area contributed by atoms with Gasteiger partial charge in [0.2, 0.25) is 11.8 Å². The van der Waals surface area contributed by atoms with Crippen molar-refractivity contribution in [3.63, 3.8) is 0 Å². The van der Waals surface area contributed by atoms with E-state index in [0.29, 0.717) is 25.4 Å². The van der Waals surface area contributed by atoms with Crippen LogP contribution in [0.5, 0.6) is 5.75 Å². The number of nitrogens with zero attached hydrogens (tertiary/aromatic N) is 2. The van der Waals surface area contributed by atoms with Crippen LogP contribution >= 0.6 is 0 Å². The normalized spacial score (nSPS) is 25.3. The van der Waals surface area contributed by atoms with Crippen LogP contribution in [0.1, 0.15) is 46.6 Å². The summed E-state index contributed by atoms with van der Waals surface area (Å²) in [5, 5.41) is 3.30. The van der Waals surface area contributed by atoms with E-state index in [1.807, 2.05) is 53.4 Å².